The Morgan fingerprint density at radius 3 is 2.90 bits per heavy atom. The molecule has 2 aliphatic rings. The van der Waals surface area contributed by atoms with Crippen LogP contribution in [0.2, 0.25) is 0 Å². The van der Waals surface area contributed by atoms with Crippen molar-refractivity contribution in [2.45, 2.75) is 31.7 Å². The second kappa shape index (κ2) is 6.27. The summed E-state index contributed by atoms with van der Waals surface area (Å²) in [6, 6.07) is 2.25. The molecule has 1 aromatic heterocycles. The smallest absolute Gasteiger partial charge is 0.246 e. The number of hydrogen-bond acceptors (Lipinski definition) is 3. The van der Waals surface area contributed by atoms with Crippen LogP contribution in [0.1, 0.15) is 31.2 Å². The predicted molar refractivity (Wildman–Crippen MR) is 78.2 cm³/mol. The van der Waals surface area contributed by atoms with Crippen molar-refractivity contribution in [3.8, 4) is 0 Å². The van der Waals surface area contributed by atoms with Crippen molar-refractivity contribution in [1.82, 2.24) is 9.80 Å². The van der Waals surface area contributed by atoms with Crippen molar-refractivity contribution in [1.29, 1.82) is 0 Å². The molecular weight excluding hydrogens is 252 g/mol. The molecule has 2 fully saturated rings. The molecule has 0 N–H and O–H groups in total. The first-order valence-corrected chi connectivity index (χ1v) is 7.56. The second-order valence-corrected chi connectivity index (χ2v) is 5.73. The summed E-state index contributed by atoms with van der Waals surface area (Å²) in [6.07, 6.45) is 11.7. The van der Waals surface area contributed by atoms with Crippen molar-refractivity contribution in [3.63, 3.8) is 0 Å². The average Bonchev–Trinajstić information content (AvgIpc) is 3.19. The topological polar surface area (TPSA) is 36.7 Å². The van der Waals surface area contributed by atoms with Gasteiger partial charge >= 0.3 is 0 Å². The lowest BCUT2D eigenvalue weighted by Crippen LogP contribution is -2.41. The molecule has 3 heterocycles. The van der Waals surface area contributed by atoms with Crippen LogP contribution in [-0.2, 0) is 4.79 Å². The van der Waals surface area contributed by atoms with E-state index in [0.29, 0.717) is 6.04 Å². The molecule has 0 aromatic carbocycles. The Balaban J connectivity index is 1.58. The van der Waals surface area contributed by atoms with Crippen LogP contribution in [0.4, 0.5) is 0 Å². The van der Waals surface area contributed by atoms with Crippen LogP contribution >= 0.6 is 0 Å². The lowest BCUT2D eigenvalue weighted by molar-refractivity contribution is -0.127. The van der Waals surface area contributed by atoms with E-state index in [-0.39, 0.29) is 5.91 Å². The minimum atomic E-state index is 0.132. The minimum Gasteiger partial charge on any atom is -0.472 e. The molecule has 2 aliphatic heterocycles. The Morgan fingerprint density at radius 2 is 2.15 bits per heavy atom. The van der Waals surface area contributed by atoms with Gasteiger partial charge in [-0.1, -0.05) is 0 Å². The monoisotopic (exact) mass is 274 g/mol. The fourth-order valence-electron chi connectivity index (χ4n) is 3.21. The maximum absolute atomic E-state index is 12.3. The molecule has 0 aliphatic carbocycles. The number of amides is 1. The van der Waals surface area contributed by atoms with Gasteiger partial charge in [-0.05, 0) is 50.9 Å². The molecule has 1 aromatic rings. The lowest BCUT2D eigenvalue weighted by atomic mass is 10.2. The Bertz CT molecular complexity index is 461. The summed E-state index contributed by atoms with van der Waals surface area (Å²) in [7, 11) is 0. The zero-order chi connectivity index (χ0) is 13.8. The van der Waals surface area contributed by atoms with E-state index in [9.17, 15) is 4.79 Å². The Kier molecular flexibility index (Phi) is 4.21. The van der Waals surface area contributed by atoms with E-state index < -0.39 is 0 Å². The number of furan rings is 1. The van der Waals surface area contributed by atoms with Crippen LogP contribution in [0.3, 0.4) is 0 Å². The summed E-state index contributed by atoms with van der Waals surface area (Å²) in [5.41, 5.74) is 0.939. The van der Waals surface area contributed by atoms with Gasteiger partial charge in [0.15, 0.2) is 0 Å². The van der Waals surface area contributed by atoms with E-state index in [0.717, 1.165) is 31.5 Å². The third-order valence-electron chi connectivity index (χ3n) is 4.29. The normalized spacial score (nSPS) is 24.0. The van der Waals surface area contributed by atoms with Crippen LogP contribution in [-0.4, -0.2) is 47.9 Å². The number of hydrogen-bond donors (Lipinski definition) is 0. The van der Waals surface area contributed by atoms with Crippen LogP contribution in [0.25, 0.3) is 6.08 Å². The highest BCUT2D eigenvalue weighted by atomic mass is 16.3. The average molecular weight is 274 g/mol. The van der Waals surface area contributed by atoms with Crippen LogP contribution in [0, 0.1) is 0 Å². The van der Waals surface area contributed by atoms with Crippen molar-refractivity contribution < 1.29 is 9.21 Å². The van der Waals surface area contributed by atoms with E-state index in [1.807, 2.05) is 17.0 Å². The van der Waals surface area contributed by atoms with Gasteiger partial charge in [0.25, 0.3) is 0 Å². The quantitative estimate of drug-likeness (QED) is 0.791. The van der Waals surface area contributed by atoms with E-state index in [1.54, 1.807) is 18.6 Å². The fraction of sp³-hybridized carbons (Fsp3) is 0.562. The van der Waals surface area contributed by atoms with Gasteiger partial charge in [0.1, 0.15) is 0 Å². The van der Waals surface area contributed by atoms with Crippen molar-refractivity contribution in [3.05, 3.63) is 30.2 Å². The number of carbonyl (C=O) groups excluding carboxylic acids is 1. The van der Waals surface area contributed by atoms with E-state index in [2.05, 4.69) is 4.90 Å². The van der Waals surface area contributed by atoms with Crippen molar-refractivity contribution >= 4 is 12.0 Å². The number of likely N-dealkylation sites (tertiary alicyclic amines) is 2. The molecule has 1 unspecified atom stereocenters. The van der Waals surface area contributed by atoms with Crippen LogP contribution in [0.5, 0.6) is 0 Å². The van der Waals surface area contributed by atoms with Gasteiger partial charge in [-0.25, -0.2) is 0 Å². The molecule has 108 valence electrons. The van der Waals surface area contributed by atoms with Crippen LogP contribution < -0.4 is 0 Å². The number of rotatable bonds is 4. The SMILES string of the molecule is O=C(/C=C/c1ccoc1)N1CCCC1CN1CCCC1. The maximum atomic E-state index is 12.3. The van der Waals surface area contributed by atoms with Gasteiger partial charge in [0, 0.05) is 30.8 Å². The first kappa shape index (κ1) is 13.4. The van der Waals surface area contributed by atoms with Gasteiger partial charge in [-0.15, -0.1) is 0 Å². The highest BCUT2D eigenvalue weighted by Gasteiger charge is 2.29. The molecule has 3 rings (SSSR count). The first-order chi connectivity index (χ1) is 9.83. The Labute approximate surface area is 120 Å². The molecule has 4 nitrogen and oxygen atoms in total. The highest BCUT2D eigenvalue weighted by molar-refractivity contribution is 5.92. The van der Waals surface area contributed by atoms with E-state index >= 15 is 0 Å². The standard InChI is InChI=1S/C16H22N2O2/c19-16(6-5-14-7-11-20-13-14)18-10-3-4-15(18)12-17-8-1-2-9-17/h5-7,11,13,15H,1-4,8-10,12H2/b6-5+. The van der Waals surface area contributed by atoms with Crippen molar-refractivity contribution in [2.24, 2.45) is 0 Å². The molecule has 1 amide bonds. The molecule has 0 bridgehead atoms. The highest BCUT2D eigenvalue weighted by Crippen LogP contribution is 2.21. The van der Waals surface area contributed by atoms with Gasteiger partial charge in [-0.2, -0.15) is 0 Å². The van der Waals surface area contributed by atoms with Gasteiger partial charge < -0.3 is 14.2 Å². The third-order valence-corrected chi connectivity index (χ3v) is 4.29. The van der Waals surface area contributed by atoms with Gasteiger partial charge in [0.05, 0.1) is 12.5 Å². The molecule has 0 radical (unpaired) electrons. The zero-order valence-electron chi connectivity index (χ0n) is 11.8. The Hall–Kier alpha value is -1.55. The lowest BCUT2D eigenvalue weighted by Gasteiger charge is -2.27. The second-order valence-electron chi connectivity index (χ2n) is 5.73. The Morgan fingerprint density at radius 1 is 1.30 bits per heavy atom. The number of nitrogens with zero attached hydrogens (tertiary/aromatic N) is 2. The molecule has 20 heavy (non-hydrogen) atoms. The summed E-state index contributed by atoms with van der Waals surface area (Å²) in [5.74, 6) is 0.132. The zero-order valence-corrected chi connectivity index (χ0v) is 11.8. The summed E-state index contributed by atoms with van der Waals surface area (Å²) in [4.78, 5) is 16.8. The summed E-state index contributed by atoms with van der Waals surface area (Å²) in [5, 5.41) is 0. The van der Waals surface area contributed by atoms with E-state index in [4.69, 9.17) is 4.42 Å². The summed E-state index contributed by atoms with van der Waals surface area (Å²) >= 11 is 0. The van der Waals surface area contributed by atoms with Gasteiger partial charge in [0.2, 0.25) is 5.91 Å². The molecular formula is C16H22N2O2. The summed E-state index contributed by atoms with van der Waals surface area (Å²) in [6.45, 7) is 4.34. The van der Waals surface area contributed by atoms with Gasteiger partial charge in [-0.3, -0.25) is 4.79 Å². The minimum absolute atomic E-state index is 0.132. The largest absolute Gasteiger partial charge is 0.472 e. The summed E-state index contributed by atoms with van der Waals surface area (Å²) < 4.78 is 5.00. The van der Waals surface area contributed by atoms with Crippen LogP contribution in [0.15, 0.2) is 29.1 Å². The molecule has 2 saturated heterocycles. The maximum Gasteiger partial charge on any atom is 0.246 e. The molecule has 0 saturated carbocycles. The van der Waals surface area contributed by atoms with Crippen molar-refractivity contribution in [2.75, 3.05) is 26.2 Å². The molecule has 0 spiro atoms. The predicted octanol–water partition coefficient (Wildman–Crippen LogP) is 2.38. The molecule has 1 atom stereocenters. The number of carbonyl (C=O) groups is 1. The fourth-order valence-corrected chi connectivity index (χ4v) is 3.21. The molecule has 4 heteroatoms. The third kappa shape index (κ3) is 3.12. The first-order valence-electron chi connectivity index (χ1n) is 7.56. The van der Waals surface area contributed by atoms with E-state index in [1.165, 1.54) is 25.9 Å².